The first kappa shape index (κ1) is 10.7. The van der Waals surface area contributed by atoms with Crippen LogP contribution in [0, 0.1) is 6.92 Å². The van der Waals surface area contributed by atoms with Gasteiger partial charge in [-0.3, -0.25) is 0 Å². The molecule has 0 amide bonds. The van der Waals surface area contributed by atoms with Gasteiger partial charge in [0.05, 0.1) is 5.88 Å². The van der Waals surface area contributed by atoms with Gasteiger partial charge >= 0.3 is 0 Å². The van der Waals surface area contributed by atoms with Gasteiger partial charge in [-0.05, 0) is 18.6 Å². The number of rotatable bonds is 2. The number of nitrogens with zero attached hydrogens (tertiary/aromatic N) is 1. The van der Waals surface area contributed by atoms with Crippen molar-refractivity contribution >= 4 is 27.5 Å². The number of halogens is 2. The SMILES string of the molecule is Cc1c(Br)cccc1-c1cc(CCl)on1. The highest BCUT2D eigenvalue weighted by atomic mass is 79.9. The first-order valence-electron chi connectivity index (χ1n) is 4.49. The van der Waals surface area contributed by atoms with Crippen molar-refractivity contribution in [3.63, 3.8) is 0 Å². The summed E-state index contributed by atoms with van der Waals surface area (Å²) in [4.78, 5) is 0. The molecule has 1 aromatic carbocycles. The molecule has 78 valence electrons. The van der Waals surface area contributed by atoms with Crippen LogP contribution in [0.1, 0.15) is 11.3 Å². The van der Waals surface area contributed by atoms with Gasteiger partial charge < -0.3 is 4.52 Å². The Morgan fingerprint density at radius 2 is 2.27 bits per heavy atom. The van der Waals surface area contributed by atoms with Crippen molar-refractivity contribution in [2.45, 2.75) is 12.8 Å². The third kappa shape index (κ3) is 2.08. The van der Waals surface area contributed by atoms with E-state index in [1.165, 1.54) is 0 Å². The van der Waals surface area contributed by atoms with E-state index >= 15 is 0 Å². The molecule has 0 N–H and O–H groups in total. The first-order chi connectivity index (χ1) is 7.22. The third-order valence-electron chi connectivity index (χ3n) is 2.23. The predicted molar refractivity (Wildman–Crippen MR) is 63.9 cm³/mol. The van der Waals surface area contributed by atoms with Crippen LogP contribution < -0.4 is 0 Å². The fourth-order valence-electron chi connectivity index (χ4n) is 1.39. The van der Waals surface area contributed by atoms with Crippen molar-refractivity contribution in [1.29, 1.82) is 0 Å². The van der Waals surface area contributed by atoms with Gasteiger partial charge in [0, 0.05) is 16.1 Å². The van der Waals surface area contributed by atoms with Crippen molar-refractivity contribution < 1.29 is 4.52 Å². The molecule has 15 heavy (non-hydrogen) atoms. The summed E-state index contributed by atoms with van der Waals surface area (Å²) in [6, 6.07) is 7.85. The van der Waals surface area contributed by atoms with Crippen LogP contribution in [0.25, 0.3) is 11.3 Å². The molecule has 1 heterocycles. The van der Waals surface area contributed by atoms with Gasteiger partial charge in [-0.25, -0.2) is 0 Å². The van der Waals surface area contributed by atoms with Gasteiger partial charge in [-0.2, -0.15) is 0 Å². The fraction of sp³-hybridized carbons (Fsp3) is 0.182. The van der Waals surface area contributed by atoms with Crippen molar-refractivity contribution in [3.05, 3.63) is 40.1 Å². The maximum absolute atomic E-state index is 5.66. The minimum Gasteiger partial charge on any atom is -0.359 e. The summed E-state index contributed by atoms with van der Waals surface area (Å²) in [6.45, 7) is 2.04. The quantitative estimate of drug-likeness (QED) is 0.775. The molecule has 2 aromatic rings. The Hall–Kier alpha value is -0.800. The van der Waals surface area contributed by atoms with Gasteiger partial charge in [0.25, 0.3) is 0 Å². The minimum atomic E-state index is 0.347. The molecule has 0 unspecified atom stereocenters. The normalized spacial score (nSPS) is 10.6. The molecule has 0 bridgehead atoms. The predicted octanol–water partition coefficient (Wildman–Crippen LogP) is 4.15. The van der Waals surface area contributed by atoms with E-state index in [1.54, 1.807) is 0 Å². The Morgan fingerprint density at radius 3 is 2.93 bits per heavy atom. The number of hydrogen-bond donors (Lipinski definition) is 0. The van der Waals surface area contributed by atoms with Gasteiger partial charge in [0.2, 0.25) is 0 Å². The van der Waals surface area contributed by atoms with Crippen LogP contribution >= 0.6 is 27.5 Å². The summed E-state index contributed by atoms with van der Waals surface area (Å²) in [7, 11) is 0. The molecule has 0 saturated heterocycles. The van der Waals surface area contributed by atoms with Gasteiger partial charge in [-0.1, -0.05) is 33.2 Å². The van der Waals surface area contributed by atoms with Crippen LogP contribution in [0.15, 0.2) is 33.3 Å². The van der Waals surface area contributed by atoms with Crippen LogP contribution in [-0.4, -0.2) is 5.16 Å². The summed E-state index contributed by atoms with van der Waals surface area (Å²) in [5, 5.41) is 3.98. The number of benzene rings is 1. The highest BCUT2D eigenvalue weighted by molar-refractivity contribution is 9.10. The smallest absolute Gasteiger partial charge is 0.152 e. The van der Waals surface area contributed by atoms with E-state index in [1.807, 2.05) is 31.2 Å². The largest absolute Gasteiger partial charge is 0.359 e. The maximum Gasteiger partial charge on any atom is 0.152 e. The van der Waals surface area contributed by atoms with Gasteiger partial charge in [0.1, 0.15) is 5.69 Å². The Morgan fingerprint density at radius 1 is 1.47 bits per heavy atom. The summed E-state index contributed by atoms with van der Waals surface area (Å²) >= 11 is 9.14. The molecule has 1 aromatic heterocycles. The summed E-state index contributed by atoms with van der Waals surface area (Å²) < 4.78 is 6.13. The van der Waals surface area contributed by atoms with Crippen LogP contribution in [0.5, 0.6) is 0 Å². The van der Waals surface area contributed by atoms with E-state index in [2.05, 4.69) is 21.1 Å². The number of hydrogen-bond acceptors (Lipinski definition) is 2. The molecule has 4 heteroatoms. The highest BCUT2D eigenvalue weighted by Crippen LogP contribution is 2.28. The van der Waals surface area contributed by atoms with E-state index in [0.29, 0.717) is 11.6 Å². The van der Waals surface area contributed by atoms with Crippen LogP contribution in [-0.2, 0) is 5.88 Å². The van der Waals surface area contributed by atoms with Crippen LogP contribution in [0.3, 0.4) is 0 Å². The molecule has 0 aliphatic heterocycles. The molecule has 0 aliphatic carbocycles. The van der Waals surface area contributed by atoms with Crippen molar-refractivity contribution in [1.82, 2.24) is 5.16 Å². The Bertz CT molecular complexity index is 481. The van der Waals surface area contributed by atoms with Crippen molar-refractivity contribution in [2.24, 2.45) is 0 Å². The lowest BCUT2D eigenvalue weighted by Crippen LogP contribution is -1.83. The molecular formula is C11H9BrClNO. The molecular weight excluding hydrogens is 277 g/mol. The van der Waals surface area contributed by atoms with Crippen molar-refractivity contribution in [3.8, 4) is 11.3 Å². The Balaban J connectivity index is 2.49. The monoisotopic (exact) mass is 285 g/mol. The van der Waals surface area contributed by atoms with E-state index in [-0.39, 0.29) is 0 Å². The average Bonchev–Trinajstić information content (AvgIpc) is 2.70. The first-order valence-corrected chi connectivity index (χ1v) is 5.82. The molecule has 2 nitrogen and oxygen atoms in total. The van der Waals surface area contributed by atoms with Crippen molar-refractivity contribution in [2.75, 3.05) is 0 Å². The van der Waals surface area contributed by atoms with E-state index in [4.69, 9.17) is 16.1 Å². The minimum absolute atomic E-state index is 0.347. The van der Waals surface area contributed by atoms with Gasteiger partial charge in [-0.15, -0.1) is 11.6 Å². The summed E-state index contributed by atoms with van der Waals surface area (Å²) in [6.07, 6.45) is 0. The third-order valence-corrected chi connectivity index (χ3v) is 3.36. The molecule has 0 fully saturated rings. The molecule has 0 aliphatic rings. The van der Waals surface area contributed by atoms with E-state index < -0.39 is 0 Å². The lowest BCUT2D eigenvalue weighted by molar-refractivity contribution is 0.396. The van der Waals surface area contributed by atoms with Crippen LogP contribution in [0.4, 0.5) is 0 Å². The lowest BCUT2D eigenvalue weighted by atomic mass is 10.1. The molecule has 0 atom stereocenters. The Kier molecular flexibility index (Phi) is 3.12. The molecule has 2 rings (SSSR count). The second-order valence-electron chi connectivity index (χ2n) is 3.22. The average molecular weight is 287 g/mol. The maximum atomic E-state index is 5.66. The van der Waals surface area contributed by atoms with E-state index in [0.717, 1.165) is 21.3 Å². The fourth-order valence-corrected chi connectivity index (χ4v) is 1.88. The van der Waals surface area contributed by atoms with Crippen LogP contribution in [0.2, 0.25) is 0 Å². The zero-order valence-electron chi connectivity index (χ0n) is 8.13. The molecule has 0 radical (unpaired) electrons. The van der Waals surface area contributed by atoms with Gasteiger partial charge in [0.15, 0.2) is 5.76 Å². The Labute approximate surface area is 101 Å². The lowest BCUT2D eigenvalue weighted by Gasteiger charge is -2.02. The number of alkyl halides is 1. The molecule has 0 saturated carbocycles. The van der Waals surface area contributed by atoms with E-state index in [9.17, 15) is 0 Å². The second-order valence-corrected chi connectivity index (χ2v) is 4.35. The highest BCUT2D eigenvalue weighted by Gasteiger charge is 2.09. The summed E-state index contributed by atoms with van der Waals surface area (Å²) in [5.41, 5.74) is 3.03. The standard InChI is InChI=1S/C11H9BrClNO/c1-7-9(3-2-4-10(7)12)11-5-8(6-13)15-14-11/h2-5H,6H2,1H3. The zero-order chi connectivity index (χ0) is 10.8. The second kappa shape index (κ2) is 4.37. The topological polar surface area (TPSA) is 26.0 Å². The zero-order valence-corrected chi connectivity index (χ0v) is 10.5. The summed E-state index contributed by atoms with van der Waals surface area (Å²) in [5.74, 6) is 1.03. The number of aromatic nitrogens is 1. The molecule has 0 spiro atoms.